The number of rotatable bonds is 4. The molecule has 94 valence electrons. The average molecular weight is 241 g/mol. The number of halogens is 1. The summed E-state index contributed by atoms with van der Waals surface area (Å²) in [4.78, 5) is 0. The van der Waals surface area contributed by atoms with Gasteiger partial charge in [0, 0.05) is 18.3 Å². The molecule has 4 nitrogen and oxygen atoms in total. The Kier molecular flexibility index (Phi) is 4.17. The highest BCUT2D eigenvalue weighted by molar-refractivity contribution is 5.48. The number of hydrogen-bond donors (Lipinski definition) is 1. The van der Waals surface area contributed by atoms with Gasteiger partial charge in [-0.15, -0.1) is 0 Å². The monoisotopic (exact) mass is 241 g/mol. The van der Waals surface area contributed by atoms with E-state index in [-0.39, 0.29) is 17.7 Å². The van der Waals surface area contributed by atoms with E-state index in [1.165, 1.54) is 13.2 Å². The molecule has 2 rings (SSSR count). The van der Waals surface area contributed by atoms with Gasteiger partial charge in [-0.25, -0.2) is 4.39 Å². The van der Waals surface area contributed by atoms with Gasteiger partial charge in [0.05, 0.1) is 19.8 Å². The molecule has 0 aromatic heterocycles. The molecule has 0 amide bonds. The zero-order valence-electron chi connectivity index (χ0n) is 9.74. The minimum atomic E-state index is -0.361. The summed E-state index contributed by atoms with van der Waals surface area (Å²) in [5.41, 5.74) is 0.818. The van der Waals surface area contributed by atoms with Crippen molar-refractivity contribution < 1.29 is 18.6 Å². The fourth-order valence-electron chi connectivity index (χ4n) is 1.66. The van der Waals surface area contributed by atoms with E-state index in [0.717, 1.165) is 18.7 Å². The number of nitrogens with one attached hydrogen (secondary N) is 1. The molecule has 1 aromatic carbocycles. The van der Waals surface area contributed by atoms with Crippen LogP contribution in [0.25, 0.3) is 0 Å². The van der Waals surface area contributed by atoms with Crippen molar-refractivity contribution >= 4 is 5.69 Å². The van der Waals surface area contributed by atoms with E-state index in [1.54, 1.807) is 12.1 Å². The topological polar surface area (TPSA) is 39.7 Å². The van der Waals surface area contributed by atoms with Gasteiger partial charge >= 0.3 is 0 Å². The van der Waals surface area contributed by atoms with Crippen molar-refractivity contribution in [1.82, 2.24) is 0 Å². The van der Waals surface area contributed by atoms with Crippen LogP contribution < -0.4 is 10.1 Å². The van der Waals surface area contributed by atoms with Gasteiger partial charge in [-0.05, 0) is 18.6 Å². The van der Waals surface area contributed by atoms with Crippen molar-refractivity contribution in [2.45, 2.75) is 12.5 Å². The fraction of sp³-hybridized carbons (Fsp3) is 0.500. The molecule has 0 saturated carbocycles. The summed E-state index contributed by atoms with van der Waals surface area (Å²) in [6.07, 6.45) is 1.01. The highest BCUT2D eigenvalue weighted by Gasteiger charge is 2.13. The third-order valence-corrected chi connectivity index (χ3v) is 2.66. The molecule has 1 aromatic rings. The lowest BCUT2D eigenvalue weighted by Crippen LogP contribution is -2.30. The van der Waals surface area contributed by atoms with Gasteiger partial charge in [-0.1, -0.05) is 0 Å². The smallest absolute Gasteiger partial charge is 0.165 e. The minimum Gasteiger partial charge on any atom is -0.494 e. The second-order valence-electron chi connectivity index (χ2n) is 3.83. The highest BCUT2D eigenvalue weighted by Crippen LogP contribution is 2.21. The highest BCUT2D eigenvalue weighted by atomic mass is 19.1. The third kappa shape index (κ3) is 3.31. The van der Waals surface area contributed by atoms with Gasteiger partial charge in [-0.2, -0.15) is 0 Å². The van der Waals surface area contributed by atoms with Crippen LogP contribution in [0.4, 0.5) is 10.1 Å². The van der Waals surface area contributed by atoms with Crippen LogP contribution in [0.3, 0.4) is 0 Å². The second kappa shape index (κ2) is 5.84. The van der Waals surface area contributed by atoms with Crippen molar-refractivity contribution in [3.8, 4) is 5.75 Å². The summed E-state index contributed by atoms with van der Waals surface area (Å²) in [5.74, 6) is -0.122. The Morgan fingerprint density at radius 1 is 1.53 bits per heavy atom. The van der Waals surface area contributed by atoms with Gasteiger partial charge < -0.3 is 19.5 Å². The summed E-state index contributed by atoms with van der Waals surface area (Å²) >= 11 is 0. The molecule has 1 aliphatic rings. The number of ether oxygens (including phenoxy) is 3. The van der Waals surface area contributed by atoms with Gasteiger partial charge in [0.25, 0.3) is 0 Å². The largest absolute Gasteiger partial charge is 0.494 e. The van der Waals surface area contributed by atoms with Crippen molar-refractivity contribution in [3.63, 3.8) is 0 Å². The van der Waals surface area contributed by atoms with Gasteiger partial charge in [0.1, 0.15) is 6.79 Å². The van der Waals surface area contributed by atoms with Crippen molar-refractivity contribution in [2.24, 2.45) is 0 Å². The Hall–Kier alpha value is -1.33. The molecule has 1 saturated heterocycles. The SMILES string of the molecule is COc1cc(NCC2CCOCO2)ccc1F. The van der Waals surface area contributed by atoms with E-state index >= 15 is 0 Å². The first-order valence-electron chi connectivity index (χ1n) is 5.56. The quantitative estimate of drug-likeness (QED) is 0.875. The minimum absolute atomic E-state index is 0.139. The standard InChI is InChI=1S/C12H16FNO3/c1-15-12-6-9(2-3-11(12)13)14-7-10-4-5-16-8-17-10/h2-3,6,10,14H,4-5,7-8H2,1H3. The molecular weight excluding hydrogens is 225 g/mol. The van der Waals surface area contributed by atoms with Crippen molar-refractivity contribution in [3.05, 3.63) is 24.0 Å². The predicted molar refractivity (Wildman–Crippen MR) is 61.8 cm³/mol. The lowest BCUT2D eigenvalue weighted by Gasteiger charge is -2.23. The number of anilines is 1. The summed E-state index contributed by atoms with van der Waals surface area (Å²) < 4.78 is 28.6. The molecule has 0 spiro atoms. The molecule has 17 heavy (non-hydrogen) atoms. The van der Waals surface area contributed by atoms with Crippen molar-refractivity contribution in [1.29, 1.82) is 0 Å². The maximum absolute atomic E-state index is 13.2. The zero-order chi connectivity index (χ0) is 12.1. The van der Waals surface area contributed by atoms with Gasteiger partial charge in [0.2, 0.25) is 0 Å². The Labute approximate surface area is 99.7 Å². The normalized spacial score (nSPS) is 20.0. The number of benzene rings is 1. The maximum atomic E-state index is 13.2. The van der Waals surface area contributed by atoms with Crippen LogP contribution in [-0.4, -0.2) is 33.2 Å². The molecule has 0 aliphatic carbocycles. The molecule has 0 radical (unpaired) electrons. The van der Waals surface area contributed by atoms with E-state index in [2.05, 4.69) is 5.32 Å². The van der Waals surface area contributed by atoms with Crippen LogP contribution in [0, 0.1) is 5.82 Å². The first-order chi connectivity index (χ1) is 8.29. The fourth-order valence-corrected chi connectivity index (χ4v) is 1.66. The van der Waals surface area contributed by atoms with E-state index in [9.17, 15) is 4.39 Å². The van der Waals surface area contributed by atoms with E-state index in [4.69, 9.17) is 14.2 Å². The molecule has 5 heteroatoms. The summed E-state index contributed by atoms with van der Waals surface area (Å²) in [6, 6.07) is 4.69. The Morgan fingerprint density at radius 3 is 3.12 bits per heavy atom. The Balaban J connectivity index is 1.89. The van der Waals surface area contributed by atoms with Crippen LogP contribution in [-0.2, 0) is 9.47 Å². The third-order valence-electron chi connectivity index (χ3n) is 2.66. The second-order valence-corrected chi connectivity index (χ2v) is 3.83. The van der Waals surface area contributed by atoms with Crippen molar-refractivity contribution in [2.75, 3.05) is 32.4 Å². The molecule has 1 unspecified atom stereocenters. The molecule has 1 N–H and O–H groups in total. The first kappa shape index (κ1) is 12.1. The molecule has 0 bridgehead atoms. The molecule has 1 aliphatic heterocycles. The lowest BCUT2D eigenvalue weighted by atomic mass is 10.2. The predicted octanol–water partition coefficient (Wildman–Crippen LogP) is 2.01. The number of methoxy groups -OCH3 is 1. The maximum Gasteiger partial charge on any atom is 0.165 e. The lowest BCUT2D eigenvalue weighted by molar-refractivity contribution is -0.133. The Morgan fingerprint density at radius 2 is 2.41 bits per heavy atom. The number of hydrogen-bond acceptors (Lipinski definition) is 4. The summed E-state index contributed by atoms with van der Waals surface area (Å²) in [6.45, 7) is 1.75. The van der Waals surface area contributed by atoms with E-state index < -0.39 is 0 Å². The first-order valence-corrected chi connectivity index (χ1v) is 5.56. The molecular formula is C12H16FNO3. The van der Waals surface area contributed by atoms with Gasteiger partial charge in [-0.3, -0.25) is 0 Å². The molecule has 1 atom stereocenters. The molecule has 1 heterocycles. The summed E-state index contributed by atoms with van der Waals surface area (Å²) in [5, 5.41) is 3.19. The van der Waals surface area contributed by atoms with E-state index in [1.807, 2.05) is 0 Å². The van der Waals surface area contributed by atoms with Crippen LogP contribution in [0.5, 0.6) is 5.75 Å². The zero-order valence-corrected chi connectivity index (χ0v) is 9.74. The van der Waals surface area contributed by atoms with Crippen LogP contribution >= 0.6 is 0 Å². The Bertz CT molecular complexity index is 367. The van der Waals surface area contributed by atoms with Gasteiger partial charge in [0.15, 0.2) is 11.6 Å². The van der Waals surface area contributed by atoms with Crippen LogP contribution in [0.1, 0.15) is 6.42 Å². The molecule has 1 fully saturated rings. The average Bonchev–Trinajstić information content (AvgIpc) is 2.39. The van der Waals surface area contributed by atoms with E-state index in [0.29, 0.717) is 13.3 Å². The van der Waals surface area contributed by atoms with Crippen LogP contribution in [0.15, 0.2) is 18.2 Å². The summed E-state index contributed by atoms with van der Waals surface area (Å²) in [7, 11) is 1.45. The van der Waals surface area contributed by atoms with Crippen LogP contribution in [0.2, 0.25) is 0 Å².